The van der Waals surface area contributed by atoms with Crippen molar-refractivity contribution in [3.63, 3.8) is 0 Å². The number of nitriles is 1. The number of hydrogen-bond acceptors (Lipinski definition) is 3. The maximum Gasteiger partial charge on any atom is 0.283 e. The molecule has 0 saturated carbocycles. The predicted octanol–water partition coefficient (Wildman–Crippen LogP) is 1.63. The molecule has 3 nitrogen and oxygen atoms in total. The van der Waals surface area contributed by atoms with Crippen LogP contribution in [0.25, 0.3) is 0 Å². The molecule has 1 aliphatic rings. The highest BCUT2D eigenvalue weighted by atomic mass is 16.6. The number of nitrogens with zero attached hydrogens (tertiary/aromatic N) is 1. The first kappa shape index (κ1) is 6.43. The largest absolute Gasteiger partial charge is 0.450 e. The van der Waals surface area contributed by atoms with Crippen molar-refractivity contribution in [2.24, 2.45) is 0 Å². The minimum atomic E-state index is 0.750. The molecular weight excluding hydrogens is 130 g/mol. The number of ether oxygens (including phenoxy) is 1. The van der Waals surface area contributed by atoms with E-state index in [1.165, 1.54) is 0 Å². The molecule has 3 heteroatoms. The molecule has 0 atom stereocenters. The van der Waals surface area contributed by atoms with Crippen molar-refractivity contribution >= 4 is 0 Å². The van der Waals surface area contributed by atoms with E-state index in [1.54, 1.807) is 0 Å². The SMILES string of the molecule is N#CO.c1ccc2c(c1)O2. The Morgan fingerprint density at radius 1 is 1.30 bits per heavy atom. The molecule has 0 aliphatic carbocycles. The monoisotopic (exact) mass is 135 g/mol. The lowest BCUT2D eigenvalue weighted by Crippen LogP contribution is -1.37. The third-order valence-corrected chi connectivity index (χ3v) is 1.03. The van der Waals surface area contributed by atoms with E-state index < -0.39 is 0 Å². The molecule has 0 unspecified atom stereocenters. The molecule has 1 aliphatic heterocycles. The Hall–Kier alpha value is -1.69. The zero-order valence-electron chi connectivity index (χ0n) is 5.11. The molecule has 1 aromatic rings. The fraction of sp³-hybridized carbons (Fsp3) is 0. The van der Waals surface area contributed by atoms with E-state index in [1.807, 2.05) is 24.3 Å². The van der Waals surface area contributed by atoms with Crippen molar-refractivity contribution < 1.29 is 9.84 Å². The first-order valence-electron chi connectivity index (χ1n) is 2.68. The molecule has 0 aromatic heterocycles. The van der Waals surface area contributed by atoms with Crippen LogP contribution in [0.5, 0.6) is 11.5 Å². The van der Waals surface area contributed by atoms with E-state index >= 15 is 0 Å². The lowest BCUT2D eigenvalue weighted by molar-refractivity contribution is 0.503. The highest BCUT2D eigenvalue weighted by Crippen LogP contribution is 2.43. The van der Waals surface area contributed by atoms with E-state index in [-0.39, 0.29) is 0 Å². The van der Waals surface area contributed by atoms with Gasteiger partial charge in [0.25, 0.3) is 6.26 Å². The van der Waals surface area contributed by atoms with Crippen molar-refractivity contribution in [2.45, 2.75) is 0 Å². The van der Waals surface area contributed by atoms with Crippen LogP contribution in [-0.4, -0.2) is 5.11 Å². The van der Waals surface area contributed by atoms with Crippen LogP contribution in [0.15, 0.2) is 24.3 Å². The molecule has 0 radical (unpaired) electrons. The van der Waals surface area contributed by atoms with Crippen molar-refractivity contribution in [3.8, 4) is 17.8 Å². The molecular formula is C7H5NO2. The minimum absolute atomic E-state index is 0.750. The van der Waals surface area contributed by atoms with Crippen LogP contribution in [0.2, 0.25) is 0 Å². The highest BCUT2D eigenvalue weighted by Gasteiger charge is 2.15. The smallest absolute Gasteiger partial charge is 0.283 e. The number of aliphatic hydroxyl groups is 1. The lowest BCUT2D eigenvalue weighted by atomic mass is 10.4. The molecule has 1 N–H and O–H groups in total. The first-order valence-corrected chi connectivity index (χ1v) is 2.68. The molecule has 0 amide bonds. The van der Waals surface area contributed by atoms with Gasteiger partial charge in [-0.1, -0.05) is 12.1 Å². The Morgan fingerprint density at radius 2 is 1.70 bits per heavy atom. The number of hydrogen-bond donors (Lipinski definition) is 1. The average molecular weight is 135 g/mol. The van der Waals surface area contributed by atoms with Gasteiger partial charge in [-0.2, -0.15) is 5.26 Å². The Morgan fingerprint density at radius 3 is 2.00 bits per heavy atom. The molecule has 0 spiro atoms. The maximum absolute atomic E-state index is 6.88. The van der Waals surface area contributed by atoms with Crippen LogP contribution >= 0.6 is 0 Å². The third kappa shape index (κ3) is 1.39. The summed E-state index contributed by atoms with van der Waals surface area (Å²) in [5.41, 5.74) is 0. The van der Waals surface area contributed by atoms with E-state index in [4.69, 9.17) is 15.1 Å². The summed E-state index contributed by atoms with van der Waals surface area (Å²) < 4.78 is 4.94. The van der Waals surface area contributed by atoms with E-state index in [2.05, 4.69) is 0 Å². The van der Waals surface area contributed by atoms with Gasteiger partial charge in [0.15, 0.2) is 11.5 Å². The van der Waals surface area contributed by atoms with Gasteiger partial charge in [0.2, 0.25) is 0 Å². The number of fused-ring (bicyclic) bond motifs is 1. The van der Waals surface area contributed by atoms with E-state index in [0.717, 1.165) is 17.8 Å². The van der Waals surface area contributed by atoms with E-state index in [9.17, 15) is 0 Å². The second kappa shape index (κ2) is 2.74. The van der Waals surface area contributed by atoms with Crippen molar-refractivity contribution in [1.29, 1.82) is 5.26 Å². The quantitative estimate of drug-likeness (QED) is 0.441. The highest BCUT2D eigenvalue weighted by molar-refractivity contribution is 5.53. The van der Waals surface area contributed by atoms with Crippen molar-refractivity contribution in [2.75, 3.05) is 0 Å². The van der Waals surface area contributed by atoms with Crippen LogP contribution in [0.1, 0.15) is 0 Å². The maximum atomic E-state index is 6.88. The topological polar surface area (TPSA) is 56.5 Å². The van der Waals surface area contributed by atoms with Gasteiger partial charge >= 0.3 is 0 Å². The summed E-state index contributed by atoms with van der Waals surface area (Å²) in [6, 6.07) is 7.84. The summed E-state index contributed by atoms with van der Waals surface area (Å²) >= 11 is 0. The van der Waals surface area contributed by atoms with Gasteiger partial charge in [0.1, 0.15) is 0 Å². The Kier molecular flexibility index (Phi) is 1.76. The van der Waals surface area contributed by atoms with Gasteiger partial charge in [0, 0.05) is 0 Å². The van der Waals surface area contributed by atoms with E-state index in [0.29, 0.717) is 0 Å². The normalized spacial score (nSPS) is 9.10. The van der Waals surface area contributed by atoms with Gasteiger partial charge in [-0.25, -0.2) is 0 Å². The molecule has 0 bridgehead atoms. The van der Waals surface area contributed by atoms with Crippen LogP contribution in [0.4, 0.5) is 0 Å². The third-order valence-electron chi connectivity index (χ3n) is 1.03. The Bertz CT molecular complexity index is 244. The van der Waals surface area contributed by atoms with Gasteiger partial charge in [-0.3, -0.25) is 0 Å². The molecule has 0 saturated heterocycles. The van der Waals surface area contributed by atoms with Gasteiger partial charge < -0.3 is 9.84 Å². The summed E-state index contributed by atoms with van der Waals surface area (Å²) in [5.74, 6) is 2.06. The number of para-hydroxylation sites is 2. The molecule has 1 heterocycles. The fourth-order valence-electron chi connectivity index (χ4n) is 0.611. The summed E-state index contributed by atoms with van der Waals surface area (Å²) in [5, 5.41) is 13.8. The zero-order valence-corrected chi connectivity index (χ0v) is 5.11. The fourth-order valence-corrected chi connectivity index (χ4v) is 0.611. The first-order chi connectivity index (χ1) is 4.88. The molecule has 10 heavy (non-hydrogen) atoms. The number of benzene rings is 1. The summed E-state index contributed by atoms with van der Waals surface area (Å²) in [6.45, 7) is 0. The predicted molar refractivity (Wildman–Crippen MR) is 34.1 cm³/mol. The number of aliphatic hydroxyl groups excluding tert-OH is 1. The van der Waals surface area contributed by atoms with Crippen LogP contribution < -0.4 is 4.74 Å². The standard InChI is InChI=1S/C6H4O.CHNO/c1-2-4-6-5(3-1)7-6;2-1-3/h1-4H;3H. The molecule has 1 aromatic carbocycles. The molecule has 2 rings (SSSR count). The number of rotatable bonds is 0. The van der Waals surface area contributed by atoms with Crippen molar-refractivity contribution in [3.05, 3.63) is 24.3 Å². The minimum Gasteiger partial charge on any atom is -0.450 e. The zero-order chi connectivity index (χ0) is 7.40. The van der Waals surface area contributed by atoms with Crippen LogP contribution in [0, 0.1) is 11.5 Å². The second-order valence-electron chi connectivity index (χ2n) is 1.65. The summed E-state index contributed by atoms with van der Waals surface area (Å²) in [7, 11) is 0. The second-order valence-corrected chi connectivity index (χ2v) is 1.65. The average Bonchev–Trinajstić information content (AvgIpc) is 2.66. The van der Waals surface area contributed by atoms with Gasteiger partial charge in [0.05, 0.1) is 0 Å². The van der Waals surface area contributed by atoms with Crippen LogP contribution in [-0.2, 0) is 0 Å². The van der Waals surface area contributed by atoms with Crippen LogP contribution in [0.3, 0.4) is 0 Å². The van der Waals surface area contributed by atoms with Gasteiger partial charge in [-0.15, -0.1) is 0 Å². The summed E-state index contributed by atoms with van der Waals surface area (Å²) in [6.07, 6.45) is 0.750. The van der Waals surface area contributed by atoms with Crippen molar-refractivity contribution in [1.82, 2.24) is 0 Å². The van der Waals surface area contributed by atoms with Gasteiger partial charge in [-0.05, 0) is 12.1 Å². The summed E-state index contributed by atoms with van der Waals surface area (Å²) in [4.78, 5) is 0. The molecule has 50 valence electrons. The Balaban J connectivity index is 0.000000148. The lowest BCUT2D eigenvalue weighted by Gasteiger charge is -1.61. The molecule has 0 fully saturated rings. The Labute approximate surface area is 58.1 Å².